The van der Waals surface area contributed by atoms with Crippen LogP contribution in [0.5, 0.6) is 0 Å². The van der Waals surface area contributed by atoms with Gasteiger partial charge in [0.05, 0.1) is 13.2 Å². The zero-order valence-corrected chi connectivity index (χ0v) is 11.7. The van der Waals surface area contributed by atoms with Crippen LogP contribution in [0.1, 0.15) is 26.3 Å². The third-order valence-electron chi connectivity index (χ3n) is 2.17. The number of rotatable bonds is 7. The first-order valence-corrected chi connectivity index (χ1v) is 7.27. The Morgan fingerprint density at radius 2 is 1.67 bits per heavy atom. The number of phosphoric acid groups is 1. The Balaban J connectivity index is 2.89. The lowest BCUT2D eigenvalue weighted by Crippen LogP contribution is -2.25. The molecular formula is C12H19O5P. The SMILES string of the molecule is CCOP(=O)(OCC)OC(C)(O)c1ccccc1. The highest BCUT2D eigenvalue weighted by Crippen LogP contribution is 2.53. The molecule has 102 valence electrons. The number of hydrogen-bond donors (Lipinski definition) is 1. The molecule has 0 aliphatic rings. The minimum Gasteiger partial charge on any atom is -0.362 e. The van der Waals surface area contributed by atoms with E-state index in [2.05, 4.69) is 0 Å². The predicted octanol–water partition coefficient (Wildman–Crippen LogP) is 3.05. The van der Waals surface area contributed by atoms with Crippen LogP contribution >= 0.6 is 7.82 Å². The van der Waals surface area contributed by atoms with Gasteiger partial charge in [-0.2, -0.15) is 0 Å². The molecule has 0 radical (unpaired) electrons. The van der Waals surface area contributed by atoms with Crippen LogP contribution < -0.4 is 0 Å². The second-order valence-electron chi connectivity index (χ2n) is 3.72. The Labute approximate surface area is 107 Å². The Kier molecular flexibility index (Phi) is 5.50. The van der Waals surface area contributed by atoms with Crippen LogP contribution in [0.25, 0.3) is 0 Å². The Bertz CT molecular complexity index is 394. The van der Waals surface area contributed by atoms with Gasteiger partial charge in [0.1, 0.15) is 0 Å². The highest BCUT2D eigenvalue weighted by Gasteiger charge is 2.37. The summed E-state index contributed by atoms with van der Waals surface area (Å²) in [6.45, 7) is 5.08. The Morgan fingerprint density at radius 1 is 1.17 bits per heavy atom. The van der Waals surface area contributed by atoms with Gasteiger partial charge in [-0.3, -0.25) is 9.05 Å². The van der Waals surface area contributed by atoms with E-state index in [1.807, 2.05) is 6.07 Å². The first-order valence-electron chi connectivity index (χ1n) is 5.81. The van der Waals surface area contributed by atoms with Crippen molar-refractivity contribution in [3.8, 4) is 0 Å². The standard InChI is InChI=1S/C12H19O5P/c1-4-15-18(14,16-5-2)17-12(3,13)11-9-7-6-8-10-11/h6-10,13H,4-5H2,1-3H3. The monoisotopic (exact) mass is 274 g/mol. The maximum absolute atomic E-state index is 12.2. The van der Waals surface area contributed by atoms with E-state index >= 15 is 0 Å². The predicted molar refractivity (Wildman–Crippen MR) is 68.0 cm³/mol. The normalized spacial score (nSPS) is 15.3. The molecule has 6 heteroatoms. The van der Waals surface area contributed by atoms with Gasteiger partial charge in [-0.1, -0.05) is 30.3 Å². The summed E-state index contributed by atoms with van der Waals surface area (Å²) in [5.41, 5.74) is 0.477. The number of aliphatic hydroxyl groups is 1. The lowest BCUT2D eigenvalue weighted by molar-refractivity contribution is -0.147. The molecule has 0 bridgehead atoms. The summed E-state index contributed by atoms with van der Waals surface area (Å²) < 4.78 is 27.3. The molecule has 0 fully saturated rings. The van der Waals surface area contributed by atoms with Crippen molar-refractivity contribution in [1.82, 2.24) is 0 Å². The molecule has 1 N–H and O–H groups in total. The van der Waals surface area contributed by atoms with E-state index in [1.165, 1.54) is 6.92 Å². The molecular weight excluding hydrogens is 255 g/mol. The molecule has 1 rings (SSSR count). The molecule has 0 aliphatic heterocycles. The van der Waals surface area contributed by atoms with Crippen LogP contribution in [-0.2, 0) is 23.9 Å². The van der Waals surface area contributed by atoms with E-state index in [1.54, 1.807) is 38.1 Å². The maximum Gasteiger partial charge on any atom is 0.477 e. The first kappa shape index (κ1) is 15.3. The zero-order valence-electron chi connectivity index (χ0n) is 10.8. The first-order chi connectivity index (χ1) is 8.43. The van der Waals surface area contributed by atoms with E-state index < -0.39 is 13.6 Å². The molecule has 0 saturated carbocycles. The molecule has 1 atom stereocenters. The molecule has 1 aromatic carbocycles. The van der Waals surface area contributed by atoms with Crippen LogP contribution in [0.15, 0.2) is 30.3 Å². The van der Waals surface area contributed by atoms with Gasteiger partial charge in [-0.25, -0.2) is 9.09 Å². The van der Waals surface area contributed by atoms with Crippen LogP contribution in [0, 0.1) is 0 Å². The van der Waals surface area contributed by atoms with Gasteiger partial charge in [-0.15, -0.1) is 0 Å². The van der Waals surface area contributed by atoms with Crippen molar-refractivity contribution in [2.24, 2.45) is 0 Å². The number of hydrogen-bond acceptors (Lipinski definition) is 5. The van der Waals surface area contributed by atoms with Crippen molar-refractivity contribution in [2.75, 3.05) is 13.2 Å². The Hall–Kier alpha value is -0.710. The van der Waals surface area contributed by atoms with Crippen LogP contribution in [0.2, 0.25) is 0 Å². The largest absolute Gasteiger partial charge is 0.477 e. The van der Waals surface area contributed by atoms with E-state index in [9.17, 15) is 9.67 Å². The highest BCUT2D eigenvalue weighted by molar-refractivity contribution is 7.48. The van der Waals surface area contributed by atoms with Gasteiger partial charge >= 0.3 is 7.82 Å². The van der Waals surface area contributed by atoms with Crippen molar-refractivity contribution in [2.45, 2.75) is 26.6 Å². The third-order valence-corrected chi connectivity index (χ3v) is 3.90. The average Bonchev–Trinajstić information content (AvgIpc) is 2.29. The van der Waals surface area contributed by atoms with Crippen LogP contribution in [0.3, 0.4) is 0 Å². The Morgan fingerprint density at radius 3 is 2.11 bits per heavy atom. The average molecular weight is 274 g/mol. The van der Waals surface area contributed by atoms with Gasteiger partial charge in [0, 0.05) is 5.56 Å². The summed E-state index contributed by atoms with van der Waals surface area (Å²) in [4.78, 5) is 0. The third kappa shape index (κ3) is 4.19. The molecule has 0 heterocycles. The van der Waals surface area contributed by atoms with E-state index in [0.717, 1.165) is 0 Å². The summed E-state index contributed by atoms with van der Waals surface area (Å²) in [6.07, 6.45) is 0. The van der Waals surface area contributed by atoms with Crippen molar-refractivity contribution < 1.29 is 23.2 Å². The van der Waals surface area contributed by atoms with Crippen LogP contribution in [0.4, 0.5) is 0 Å². The van der Waals surface area contributed by atoms with E-state index in [4.69, 9.17) is 13.6 Å². The fraction of sp³-hybridized carbons (Fsp3) is 0.500. The fourth-order valence-corrected chi connectivity index (χ4v) is 2.78. The molecule has 0 aromatic heterocycles. The van der Waals surface area contributed by atoms with Gasteiger partial charge < -0.3 is 5.11 Å². The number of phosphoric ester groups is 1. The zero-order chi connectivity index (χ0) is 13.6. The molecule has 5 nitrogen and oxygen atoms in total. The second-order valence-corrected chi connectivity index (χ2v) is 5.32. The summed E-state index contributed by atoms with van der Waals surface area (Å²) in [5, 5.41) is 10.2. The maximum atomic E-state index is 12.2. The molecule has 1 unspecified atom stereocenters. The fourth-order valence-electron chi connectivity index (χ4n) is 1.42. The topological polar surface area (TPSA) is 65.0 Å². The van der Waals surface area contributed by atoms with Crippen molar-refractivity contribution in [3.05, 3.63) is 35.9 Å². The lowest BCUT2D eigenvalue weighted by Gasteiger charge is -2.28. The molecule has 18 heavy (non-hydrogen) atoms. The summed E-state index contributed by atoms with van der Waals surface area (Å²) in [5.74, 6) is -1.73. The molecule has 0 saturated heterocycles. The summed E-state index contributed by atoms with van der Waals surface area (Å²) in [7, 11) is -3.76. The summed E-state index contributed by atoms with van der Waals surface area (Å²) in [6, 6.07) is 8.65. The molecule has 0 aliphatic carbocycles. The minimum absolute atomic E-state index is 0.169. The van der Waals surface area contributed by atoms with Crippen molar-refractivity contribution in [1.29, 1.82) is 0 Å². The van der Waals surface area contributed by atoms with Crippen LogP contribution in [-0.4, -0.2) is 18.3 Å². The second kappa shape index (κ2) is 6.45. The number of benzene rings is 1. The van der Waals surface area contributed by atoms with E-state index in [-0.39, 0.29) is 13.2 Å². The minimum atomic E-state index is -3.76. The van der Waals surface area contributed by atoms with Gasteiger partial charge in [-0.05, 0) is 20.8 Å². The molecule has 0 amide bonds. The van der Waals surface area contributed by atoms with Crippen molar-refractivity contribution in [3.63, 3.8) is 0 Å². The molecule has 1 aromatic rings. The quantitative estimate of drug-likeness (QED) is 0.611. The van der Waals surface area contributed by atoms with Crippen molar-refractivity contribution >= 4 is 7.82 Å². The highest BCUT2D eigenvalue weighted by atomic mass is 31.2. The smallest absolute Gasteiger partial charge is 0.362 e. The lowest BCUT2D eigenvalue weighted by atomic mass is 10.1. The van der Waals surface area contributed by atoms with Gasteiger partial charge in [0.2, 0.25) is 5.79 Å². The van der Waals surface area contributed by atoms with Gasteiger partial charge in [0.25, 0.3) is 0 Å². The van der Waals surface area contributed by atoms with E-state index in [0.29, 0.717) is 5.56 Å². The van der Waals surface area contributed by atoms with Gasteiger partial charge in [0.15, 0.2) is 0 Å². The summed E-state index contributed by atoms with van der Waals surface area (Å²) >= 11 is 0. The molecule has 0 spiro atoms.